The van der Waals surface area contributed by atoms with Gasteiger partial charge in [-0.1, -0.05) is 40.0 Å². The van der Waals surface area contributed by atoms with Crippen LogP contribution in [0.2, 0.25) is 0 Å². The van der Waals surface area contributed by atoms with Gasteiger partial charge < -0.3 is 25.3 Å². The Morgan fingerprint density at radius 1 is 0.739 bits per heavy atom. The maximum atomic E-state index is 8.89. The van der Waals surface area contributed by atoms with Crippen molar-refractivity contribution in [1.29, 1.82) is 0 Å². The van der Waals surface area contributed by atoms with Gasteiger partial charge in [-0.2, -0.15) is 0 Å². The van der Waals surface area contributed by atoms with Crippen molar-refractivity contribution in [3.05, 3.63) is 0 Å². The molecule has 0 spiro atoms. The molecular formula is C16H35MgO5P. The zero-order chi connectivity index (χ0) is 17.1. The minimum atomic E-state index is -1.08. The molecule has 0 heterocycles. The number of carboxylic acid groups (broad SMARTS) is 2. The van der Waals surface area contributed by atoms with Gasteiger partial charge >= 0.3 is 23.1 Å². The summed E-state index contributed by atoms with van der Waals surface area (Å²) in [5.41, 5.74) is 0. The van der Waals surface area contributed by atoms with E-state index in [1.807, 2.05) is 0 Å². The molecule has 0 aliphatic carbocycles. The van der Waals surface area contributed by atoms with Crippen LogP contribution in [0.25, 0.3) is 0 Å². The summed E-state index contributed by atoms with van der Waals surface area (Å²) in [5.74, 6) is -2.17. The van der Waals surface area contributed by atoms with Crippen molar-refractivity contribution in [2.24, 2.45) is 0 Å². The molecule has 0 saturated heterocycles. The molecule has 0 aliphatic heterocycles. The Kier molecular flexibility index (Phi) is 45.0. The number of rotatable bonds is 9. The van der Waals surface area contributed by atoms with Crippen LogP contribution in [0.3, 0.4) is 0 Å². The summed E-state index contributed by atoms with van der Waals surface area (Å²) in [6, 6.07) is 0. The van der Waals surface area contributed by atoms with E-state index in [2.05, 4.69) is 20.8 Å². The van der Waals surface area contributed by atoms with Crippen molar-refractivity contribution in [1.82, 2.24) is 0 Å². The summed E-state index contributed by atoms with van der Waals surface area (Å²) < 4.78 is 0. The van der Waals surface area contributed by atoms with Crippen LogP contribution in [-0.4, -0.2) is 59.0 Å². The number of aliphatic carboxylic acids is 2. The molecule has 0 saturated carbocycles. The first-order chi connectivity index (χ1) is 9.81. The van der Waals surface area contributed by atoms with Gasteiger partial charge in [0.2, 0.25) is 0 Å². The molecule has 7 heteroatoms. The summed E-state index contributed by atoms with van der Waals surface area (Å²) in [5, 5.41) is 17.8. The Labute approximate surface area is 159 Å². The zero-order valence-electron chi connectivity index (χ0n) is 15.7. The molecule has 0 aliphatic rings. The SMILES string of the molecule is CC(=O)[O-].CC(=O)[O-].CCCCP(CCCC)CCCC.O.[Mg+2]. The van der Waals surface area contributed by atoms with Crippen molar-refractivity contribution in [2.75, 3.05) is 18.5 Å². The van der Waals surface area contributed by atoms with Gasteiger partial charge in [-0.25, -0.2) is 0 Å². The third kappa shape index (κ3) is 61.0. The van der Waals surface area contributed by atoms with Crippen molar-refractivity contribution < 1.29 is 25.3 Å². The van der Waals surface area contributed by atoms with Crippen molar-refractivity contribution >= 4 is 42.9 Å². The molecule has 0 fully saturated rings. The Balaban J connectivity index is -0.0000000909. The number of carbonyl (C=O) groups excluding carboxylic acids is 2. The summed E-state index contributed by atoms with van der Waals surface area (Å²) in [6.07, 6.45) is 13.2. The minimum Gasteiger partial charge on any atom is -0.550 e. The summed E-state index contributed by atoms with van der Waals surface area (Å²) in [4.78, 5) is 17.8. The van der Waals surface area contributed by atoms with E-state index in [9.17, 15) is 0 Å². The second kappa shape index (κ2) is 30.0. The standard InChI is InChI=1S/C12H27P.2C2H4O2.Mg.H2O/c1-4-7-10-13(11-8-5-2)12-9-6-3;2*1-2(3)4;;/h4-12H2,1-3H3;2*1H3,(H,3,4);;1H2/q;;;+2;/p-2. The van der Waals surface area contributed by atoms with Crippen molar-refractivity contribution in [3.63, 3.8) is 0 Å². The van der Waals surface area contributed by atoms with Gasteiger partial charge in [0.25, 0.3) is 0 Å². The third-order valence-electron chi connectivity index (χ3n) is 2.48. The van der Waals surface area contributed by atoms with Crippen LogP contribution in [0.15, 0.2) is 0 Å². The maximum absolute atomic E-state index is 8.89. The smallest absolute Gasteiger partial charge is 0.550 e. The number of carboxylic acids is 2. The van der Waals surface area contributed by atoms with E-state index in [0.29, 0.717) is 7.92 Å². The number of hydrogen-bond acceptors (Lipinski definition) is 4. The molecule has 0 radical (unpaired) electrons. The van der Waals surface area contributed by atoms with Crippen LogP contribution in [0.4, 0.5) is 0 Å². The molecule has 0 amide bonds. The Morgan fingerprint density at radius 2 is 0.913 bits per heavy atom. The van der Waals surface area contributed by atoms with Gasteiger partial charge in [0.1, 0.15) is 0 Å². The third-order valence-corrected chi connectivity index (χ3v) is 5.33. The summed E-state index contributed by atoms with van der Waals surface area (Å²) in [7, 11) is 0.422. The van der Waals surface area contributed by atoms with Gasteiger partial charge in [-0.05, 0) is 51.6 Å². The van der Waals surface area contributed by atoms with Crippen LogP contribution >= 0.6 is 7.92 Å². The molecule has 0 aromatic heterocycles. The summed E-state index contributed by atoms with van der Waals surface area (Å²) >= 11 is 0. The van der Waals surface area contributed by atoms with Crippen LogP contribution in [0, 0.1) is 0 Å². The average Bonchev–Trinajstić information content (AvgIpc) is 2.36. The monoisotopic (exact) mass is 362 g/mol. The van der Waals surface area contributed by atoms with Crippen molar-refractivity contribution in [3.8, 4) is 0 Å². The number of unbranched alkanes of at least 4 members (excludes halogenated alkanes) is 3. The fourth-order valence-electron chi connectivity index (χ4n) is 1.48. The molecule has 0 unspecified atom stereocenters. The van der Waals surface area contributed by atoms with E-state index in [4.69, 9.17) is 19.8 Å². The van der Waals surface area contributed by atoms with E-state index in [-0.39, 0.29) is 28.5 Å². The fraction of sp³-hybridized carbons (Fsp3) is 0.875. The molecule has 0 aromatic carbocycles. The number of carbonyl (C=O) groups is 2. The molecule has 0 bridgehead atoms. The molecule has 136 valence electrons. The maximum Gasteiger partial charge on any atom is 2.00 e. The predicted molar refractivity (Wildman–Crippen MR) is 97.0 cm³/mol. The second-order valence-corrected chi connectivity index (χ2v) is 7.57. The largest absolute Gasteiger partial charge is 2.00 e. The van der Waals surface area contributed by atoms with Crippen LogP contribution in [-0.2, 0) is 9.59 Å². The second-order valence-electron chi connectivity index (χ2n) is 4.89. The van der Waals surface area contributed by atoms with Crippen LogP contribution in [0.5, 0.6) is 0 Å². The topological polar surface area (TPSA) is 112 Å². The molecule has 5 nitrogen and oxygen atoms in total. The van der Waals surface area contributed by atoms with Gasteiger partial charge in [0.05, 0.1) is 0 Å². The molecular weight excluding hydrogens is 327 g/mol. The van der Waals surface area contributed by atoms with Gasteiger partial charge in [0.15, 0.2) is 0 Å². The quantitative estimate of drug-likeness (QED) is 0.452. The molecule has 0 rings (SSSR count). The normalized spacial score (nSPS) is 8.43. The van der Waals surface area contributed by atoms with E-state index >= 15 is 0 Å². The van der Waals surface area contributed by atoms with Crippen molar-refractivity contribution in [2.45, 2.75) is 73.1 Å². The average molecular weight is 363 g/mol. The molecule has 23 heavy (non-hydrogen) atoms. The van der Waals surface area contributed by atoms with E-state index < -0.39 is 11.9 Å². The van der Waals surface area contributed by atoms with E-state index in [1.165, 1.54) is 38.5 Å². The zero-order valence-corrected chi connectivity index (χ0v) is 18.0. The van der Waals surface area contributed by atoms with Gasteiger partial charge in [-0.3, -0.25) is 0 Å². The van der Waals surface area contributed by atoms with Gasteiger partial charge in [-0.15, -0.1) is 7.92 Å². The number of hydrogen-bond donors (Lipinski definition) is 0. The van der Waals surface area contributed by atoms with Crippen LogP contribution in [0.1, 0.15) is 73.1 Å². The predicted octanol–water partition coefficient (Wildman–Crippen LogP) is 1.18. The first-order valence-corrected chi connectivity index (χ1v) is 9.78. The van der Waals surface area contributed by atoms with Crippen LogP contribution < -0.4 is 10.2 Å². The fourth-order valence-corrected chi connectivity index (χ4v) is 4.44. The van der Waals surface area contributed by atoms with E-state index in [0.717, 1.165) is 13.8 Å². The minimum absolute atomic E-state index is 0. The van der Waals surface area contributed by atoms with Gasteiger partial charge in [0, 0.05) is 11.9 Å². The molecule has 2 N–H and O–H groups in total. The first-order valence-electron chi connectivity index (χ1n) is 7.89. The summed E-state index contributed by atoms with van der Waals surface area (Å²) in [6.45, 7) is 8.88. The Hall–Kier alpha value is 0.0962. The Bertz CT molecular complexity index is 201. The Morgan fingerprint density at radius 3 is 1.04 bits per heavy atom. The molecule has 0 aromatic rings. The van der Waals surface area contributed by atoms with E-state index in [1.54, 1.807) is 18.5 Å². The molecule has 0 atom stereocenters. The first kappa shape index (κ1) is 34.4.